The molecule has 0 saturated heterocycles. The summed E-state index contributed by atoms with van der Waals surface area (Å²) in [5, 5.41) is 5.85. The van der Waals surface area contributed by atoms with Gasteiger partial charge in [-0.1, -0.05) is 13.0 Å². The highest BCUT2D eigenvalue weighted by Gasteiger charge is 2.21. The van der Waals surface area contributed by atoms with Crippen LogP contribution < -0.4 is 5.32 Å². The minimum atomic E-state index is 0.236. The van der Waals surface area contributed by atoms with E-state index in [2.05, 4.69) is 69.3 Å². The first-order chi connectivity index (χ1) is 8.85. The normalized spacial score (nSPS) is 14.3. The van der Waals surface area contributed by atoms with Crippen LogP contribution in [-0.2, 0) is 6.54 Å². The van der Waals surface area contributed by atoms with Crippen LogP contribution in [0.25, 0.3) is 0 Å². The van der Waals surface area contributed by atoms with Crippen LogP contribution in [0.15, 0.2) is 17.5 Å². The number of nitrogens with one attached hydrogen (secondary N) is 1. The summed E-state index contributed by atoms with van der Waals surface area (Å²) in [5.41, 5.74) is 0.236. The first-order valence-corrected chi connectivity index (χ1v) is 8.27. The molecule has 0 amide bonds. The second kappa shape index (κ2) is 7.41. The first kappa shape index (κ1) is 16.7. The molecule has 1 N–H and O–H groups in total. The lowest BCUT2D eigenvalue weighted by molar-refractivity contribution is 0.145. The number of nitrogens with zero attached hydrogens (tertiary/aromatic N) is 1. The molecular formula is C16H30N2S. The van der Waals surface area contributed by atoms with E-state index in [9.17, 15) is 0 Å². The highest BCUT2D eigenvalue weighted by molar-refractivity contribution is 7.09. The van der Waals surface area contributed by atoms with Gasteiger partial charge in [0.2, 0.25) is 0 Å². The summed E-state index contributed by atoms with van der Waals surface area (Å²) in [5.74, 6) is 0. The van der Waals surface area contributed by atoms with Gasteiger partial charge in [0.1, 0.15) is 0 Å². The Hall–Kier alpha value is -0.380. The molecule has 0 fully saturated rings. The van der Waals surface area contributed by atoms with E-state index in [4.69, 9.17) is 0 Å². The molecule has 0 saturated carbocycles. The SMILES string of the molecule is CCC(C)(C)NCC(C)N(Cc1cccs1)C(C)C. The molecule has 1 atom stereocenters. The largest absolute Gasteiger partial charge is 0.310 e. The molecule has 0 aliphatic heterocycles. The van der Waals surface area contributed by atoms with Crippen LogP contribution in [0, 0.1) is 0 Å². The molecule has 0 aromatic carbocycles. The van der Waals surface area contributed by atoms with Crippen molar-refractivity contribution in [3.63, 3.8) is 0 Å². The summed E-state index contributed by atoms with van der Waals surface area (Å²) >= 11 is 1.85. The molecule has 2 nitrogen and oxygen atoms in total. The highest BCUT2D eigenvalue weighted by Crippen LogP contribution is 2.17. The van der Waals surface area contributed by atoms with Gasteiger partial charge in [-0.2, -0.15) is 0 Å². The van der Waals surface area contributed by atoms with Gasteiger partial charge >= 0.3 is 0 Å². The van der Waals surface area contributed by atoms with Crippen LogP contribution in [0.2, 0.25) is 0 Å². The molecule has 0 aliphatic rings. The Bertz CT molecular complexity index is 344. The quantitative estimate of drug-likeness (QED) is 0.771. The molecule has 0 aliphatic carbocycles. The van der Waals surface area contributed by atoms with Crippen molar-refractivity contribution < 1.29 is 0 Å². The van der Waals surface area contributed by atoms with Crippen molar-refractivity contribution in [2.24, 2.45) is 0 Å². The van der Waals surface area contributed by atoms with Crippen molar-refractivity contribution in [3.8, 4) is 0 Å². The molecule has 1 heterocycles. The molecule has 0 radical (unpaired) electrons. The molecule has 3 heteroatoms. The monoisotopic (exact) mass is 282 g/mol. The third-order valence-electron chi connectivity index (χ3n) is 3.91. The van der Waals surface area contributed by atoms with E-state index in [1.807, 2.05) is 11.3 Å². The standard InChI is InChI=1S/C16H30N2S/c1-7-16(5,6)17-11-14(4)18(13(2)3)12-15-9-8-10-19-15/h8-10,13-14,17H,7,11-12H2,1-6H3. The van der Waals surface area contributed by atoms with Gasteiger partial charge in [0.25, 0.3) is 0 Å². The molecule has 0 spiro atoms. The molecule has 110 valence electrons. The van der Waals surface area contributed by atoms with Crippen LogP contribution >= 0.6 is 11.3 Å². The molecule has 1 aromatic heterocycles. The van der Waals surface area contributed by atoms with Gasteiger partial charge in [-0.25, -0.2) is 0 Å². The lowest BCUT2D eigenvalue weighted by Crippen LogP contribution is -2.49. The Kier molecular flexibility index (Phi) is 6.51. The maximum absolute atomic E-state index is 3.69. The fourth-order valence-electron chi connectivity index (χ4n) is 2.10. The van der Waals surface area contributed by atoms with Gasteiger partial charge in [0, 0.05) is 35.6 Å². The minimum Gasteiger partial charge on any atom is -0.310 e. The Labute approximate surface area is 123 Å². The van der Waals surface area contributed by atoms with E-state index in [1.165, 1.54) is 4.88 Å². The van der Waals surface area contributed by atoms with E-state index in [0.29, 0.717) is 12.1 Å². The molecule has 19 heavy (non-hydrogen) atoms. The van der Waals surface area contributed by atoms with E-state index >= 15 is 0 Å². The lowest BCUT2D eigenvalue weighted by atomic mass is 10.0. The summed E-state index contributed by atoms with van der Waals surface area (Å²) < 4.78 is 0. The third-order valence-corrected chi connectivity index (χ3v) is 4.77. The van der Waals surface area contributed by atoms with Crippen LogP contribution in [0.5, 0.6) is 0 Å². The number of hydrogen-bond acceptors (Lipinski definition) is 3. The van der Waals surface area contributed by atoms with Crippen molar-refractivity contribution in [1.82, 2.24) is 10.2 Å². The van der Waals surface area contributed by atoms with Crippen LogP contribution in [0.1, 0.15) is 52.8 Å². The fraction of sp³-hybridized carbons (Fsp3) is 0.750. The van der Waals surface area contributed by atoms with Crippen molar-refractivity contribution in [1.29, 1.82) is 0 Å². The Morgan fingerprint density at radius 3 is 2.47 bits per heavy atom. The van der Waals surface area contributed by atoms with Crippen molar-refractivity contribution in [2.75, 3.05) is 6.54 Å². The molecule has 1 rings (SSSR count). The molecule has 1 unspecified atom stereocenters. The summed E-state index contributed by atoms with van der Waals surface area (Å²) in [6, 6.07) is 5.49. The maximum atomic E-state index is 3.69. The summed E-state index contributed by atoms with van der Waals surface area (Å²) in [4.78, 5) is 4.03. The zero-order valence-corrected chi connectivity index (χ0v) is 14.2. The average Bonchev–Trinajstić information content (AvgIpc) is 2.85. The van der Waals surface area contributed by atoms with Crippen LogP contribution in [0.4, 0.5) is 0 Å². The number of hydrogen-bond donors (Lipinski definition) is 1. The predicted octanol–water partition coefficient (Wildman–Crippen LogP) is 4.13. The average molecular weight is 282 g/mol. The summed E-state index contributed by atoms with van der Waals surface area (Å²) in [6.07, 6.45) is 1.16. The van der Waals surface area contributed by atoms with Crippen molar-refractivity contribution in [3.05, 3.63) is 22.4 Å². The van der Waals surface area contributed by atoms with Crippen LogP contribution in [-0.4, -0.2) is 29.1 Å². The lowest BCUT2D eigenvalue weighted by Gasteiger charge is -2.35. The topological polar surface area (TPSA) is 15.3 Å². The zero-order chi connectivity index (χ0) is 14.5. The predicted molar refractivity (Wildman–Crippen MR) is 86.8 cm³/mol. The number of thiophene rings is 1. The molecular weight excluding hydrogens is 252 g/mol. The summed E-state index contributed by atoms with van der Waals surface area (Å²) in [6.45, 7) is 15.8. The Morgan fingerprint density at radius 2 is 2.00 bits per heavy atom. The number of rotatable bonds is 8. The third kappa shape index (κ3) is 5.64. The van der Waals surface area contributed by atoms with E-state index in [0.717, 1.165) is 19.5 Å². The van der Waals surface area contributed by atoms with Gasteiger partial charge in [0.15, 0.2) is 0 Å². The van der Waals surface area contributed by atoms with Crippen molar-refractivity contribution >= 4 is 11.3 Å². The van der Waals surface area contributed by atoms with E-state index in [-0.39, 0.29) is 5.54 Å². The fourth-order valence-corrected chi connectivity index (χ4v) is 2.81. The smallest absolute Gasteiger partial charge is 0.0333 e. The van der Waals surface area contributed by atoms with E-state index in [1.54, 1.807) is 0 Å². The van der Waals surface area contributed by atoms with Gasteiger partial charge in [-0.15, -0.1) is 11.3 Å². The molecule has 0 bridgehead atoms. The van der Waals surface area contributed by atoms with Gasteiger partial charge in [-0.05, 0) is 52.5 Å². The first-order valence-electron chi connectivity index (χ1n) is 7.39. The highest BCUT2D eigenvalue weighted by atomic mass is 32.1. The van der Waals surface area contributed by atoms with Crippen molar-refractivity contribution in [2.45, 2.75) is 72.1 Å². The Balaban J connectivity index is 2.56. The van der Waals surface area contributed by atoms with Gasteiger partial charge in [0.05, 0.1) is 0 Å². The molecule has 1 aromatic rings. The maximum Gasteiger partial charge on any atom is 0.0333 e. The Morgan fingerprint density at radius 1 is 1.32 bits per heavy atom. The second-order valence-electron chi connectivity index (χ2n) is 6.31. The zero-order valence-electron chi connectivity index (χ0n) is 13.4. The minimum absolute atomic E-state index is 0.236. The summed E-state index contributed by atoms with van der Waals surface area (Å²) in [7, 11) is 0. The second-order valence-corrected chi connectivity index (χ2v) is 7.35. The van der Waals surface area contributed by atoms with Gasteiger partial charge < -0.3 is 5.32 Å². The van der Waals surface area contributed by atoms with Crippen LogP contribution in [0.3, 0.4) is 0 Å². The van der Waals surface area contributed by atoms with Gasteiger partial charge in [-0.3, -0.25) is 4.90 Å². The van der Waals surface area contributed by atoms with E-state index < -0.39 is 0 Å².